The molecule has 0 bridgehead atoms. The highest BCUT2D eigenvalue weighted by atomic mass is 19.4. The summed E-state index contributed by atoms with van der Waals surface area (Å²) in [6.45, 7) is 2.41. The first-order chi connectivity index (χ1) is 12.3. The summed E-state index contributed by atoms with van der Waals surface area (Å²) in [7, 11) is 0. The fourth-order valence-corrected chi connectivity index (χ4v) is 2.38. The van der Waals surface area contributed by atoms with Crippen molar-refractivity contribution in [2.45, 2.75) is 26.2 Å². The number of nitrogens with one attached hydrogen (secondary N) is 1. The van der Waals surface area contributed by atoms with Crippen LogP contribution in [0.5, 0.6) is 0 Å². The van der Waals surface area contributed by atoms with Gasteiger partial charge in [-0.2, -0.15) is 23.4 Å². The van der Waals surface area contributed by atoms with Crippen LogP contribution in [-0.4, -0.2) is 30.5 Å². The van der Waals surface area contributed by atoms with Crippen molar-refractivity contribution >= 4 is 11.6 Å². The number of pyridine rings is 1. The van der Waals surface area contributed by atoms with Gasteiger partial charge in [0.25, 0.3) is 5.91 Å². The van der Waals surface area contributed by atoms with Crippen LogP contribution in [0.1, 0.15) is 21.7 Å². The van der Waals surface area contributed by atoms with Crippen molar-refractivity contribution in [3.05, 3.63) is 59.9 Å². The standard InChI is InChI=1S/C16H15F3N6O/c1-11-9-12(10-20-14(11)16(17,18)19)22-15(26)13-3-6-25(23-13)8-7-24-5-2-4-21-24/h2-6,9-10H,7-8H2,1H3,(H,22,26). The Kier molecular flexibility index (Phi) is 4.74. The summed E-state index contributed by atoms with van der Waals surface area (Å²) >= 11 is 0. The van der Waals surface area contributed by atoms with E-state index in [-0.39, 0.29) is 16.9 Å². The molecule has 136 valence electrons. The summed E-state index contributed by atoms with van der Waals surface area (Å²) in [5, 5.41) is 10.7. The number of anilines is 1. The van der Waals surface area contributed by atoms with E-state index in [1.54, 1.807) is 21.8 Å². The van der Waals surface area contributed by atoms with Crippen LogP contribution in [0.3, 0.4) is 0 Å². The first-order valence-corrected chi connectivity index (χ1v) is 7.69. The van der Waals surface area contributed by atoms with Gasteiger partial charge in [0, 0.05) is 18.6 Å². The van der Waals surface area contributed by atoms with Gasteiger partial charge in [-0.25, -0.2) is 4.98 Å². The molecule has 0 aliphatic carbocycles. The third-order valence-corrected chi connectivity index (χ3v) is 3.60. The second kappa shape index (κ2) is 6.98. The molecule has 0 fully saturated rings. The van der Waals surface area contributed by atoms with Gasteiger partial charge < -0.3 is 5.32 Å². The molecule has 0 spiro atoms. The molecule has 3 aromatic rings. The Hall–Kier alpha value is -3.17. The minimum atomic E-state index is -4.53. The lowest BCUT2D eigenvalue weighted by Crippen LogP contribution is -2.16. The van der Waals surface area contributed by atoms with Crippen molar-refractivity contribution in [3.8, 4) is 0 Å². The van der Waals surface area contributed by atoms with E-state index in [1.807, 2.05) is 12.3 Å². The van der Waals surface area contributed by atoms with E-state index in [1.165, 1.54) is 19.1 Å². The molecule has 0 aliphatic rings. The van der Waals surface area contributed by atoms with E-state index in [0.29, 0.717) is 13.1 Å². The van der Waals surface area contributed by atoms with Gasteiger partial charge in [0.05, 0.1) is 25.0 Å². The summed E-state index contributed by atoms with van der Waals surface area (Å²) in [5.74, 6) is -0.524. The second-order valence-corrected chi connectivity index (χ2v) is 5.57. The van der Waals surface area contributed by atoms with E-state index >= 15 is 0 Å². The zero-order valence-corrected chi connectivity index (χ0v) is 13.7. The van der Waals surface area contributed by atoms with Gasteiger partial charge in [-0.3, -0.25) is 14.2 Å². The van der Waals surface area contributed by atoms with Crippen molar-refractivity contribution in [3.63, 3.8) is 0 Å². The molecule has 0 aliphatic heterocycles. The highest BCUT2D eigenvalue weighted by Gasteiger charge is 2.34. The number of hydrogen-bond acceptors (Lipinski definition) is 4. The Labute approximate surface area is 146 Å². The predicted molar refractivity (Wildman–Crippen MR) is 86.4 cm³/mol. The molecule has 3 heterocycles. The Balaban J connectivity index is 1.64. The van der Waals surface area contributed by atoms with E-state index in [9.17, 15) is 18.0 Å². The molecule has 0 saturated carbocycles. The number of aryl methyl sites for hydroxylation is 3. The zero-order valence-electron chi connectivity index (χ0n) is 13.7. The number of carbonyl (C=O) groups is 1. The summed E-state index contributed by atoms with van der Waals surface area (Å²) in [4.78, 5) is 15.6. The topological polar surface area (TPSA) is 77.6 Å². The number of carbonyl (C=O) groups excluding carboxylic acids is 1. The molecule has 1 N–H and O–H groups in total. The van der Waals surface area contributed by atoms with Gasteiger partial charge in [-0.1, -0.05) is 0 Å². The number of hydrogen-bond donors (Lipinski definition) is 1. The van der Waals surface area contributed by atoms with Crippen LogP contribution in [-0.2, 0) is 19.3 Å². The number of amides is 1. The molecule has 3 rings (SSSR count). The molecule has 26 heavy (non-hydrogen) atoms. The van der Waals surface area contributed by atoms with Gasteiger partial charge >= 0.3 is 6.18 Å². The van der Waals surface area contributed by atoms with Crippen LogP contribution >= 0.6 is 0 Å². The number of rotatable bonds is 5. The fraction of sp³-hybridized carbons (Fsp3) is 0.250. The van der Waals surface area contributed by atoms with Crippen LogP contribution in [0.25, 0.3) is 0 Å². The number of aromatic nitrogens is 5. The van der Waals surface area contributed by atoms with Crippen molar-refractivity contribution in [1.29, 1.82) is 0 Å². The lowest BCUT2D eigenvalue weighted by atomic mass is 10.2. The normalized spacial score (nSPS) is 11.5. The molecule has 10 heteroatoms. The maximum Gasteiger partial charge on any atom is 0.433 e. The zero-order chi connectivity index (χ0) is 18.7. The predicted octanol–water partition coefficient (Wildman–Crippen LogP) is 2.75. The number of nitrogens with zero attached hydrogens (tertiary/aromatic N) is 5. The lowest BCUT2D eigenvalue weighted by Gasteiger charge is -2.10. The molecule has 0 radical (unpaired) electrons. The van der Waals surface area contributed by atoms with Gasteiger partial charge in [0.1, 0.15) is 5.69 Å². The first-order valence-electron chi connectivity index (χ1n) is 7.69. The summed E-state index contributed by atoms with van der Waals surface area (Å²) in [5.41, 5.74) is -0.715. The van der Waals surface area contributed by atoms with Crippen molar-refractivity contribution in [2.75, 3.05) is 5.32 Å². The van der Waals surface area contributed by atoms with Gasteiger partial charge in [0.2, 0.25) is 0 Å². The van der Waals surface area contributed by atoms with Crippen molar-refractivity contribution in [1.82, 2.24) is 24.5 Å². The smallest absolute Gasteiger partial charge is 0.319 e. The molecule has 0 unspecified atom stereocenters. The van der Waals surface area contributed by atoms with Crippen LogP contribution in [0.15, 0.2) is 43.0 Å². The van der Waals surface area contributed by atoms with E-state index < -0.39 is 17.8 Å². The SMILES string of the molecule is Cc1cc(NC(=O)c2ccn(CCn3cccn3)n2)cnc1C(F)(F)F. The van der Waals surface area contributed by atoms with Crippen LogP contribution < -0.4 is 5.32 Å². The Morgan fingerprint density at radius 3 is 2.65 bits per heavy atom. The summed E-state index contributed by atoms with van der Waals surface area (Å²) in [6.07, 6.45) is 1.58. The number of halogens is 3. The molecular weight excluding hydrogens is 349 g/mol. The summed E-state index contributed by atoms with van der Waals surface area (Å²) in [6, 6.07) is 4.56. The largest absolute Gasteiger partial charge is 0.433 e. The van der Waals surface area contributed by atoms with Crippen molar-refractivity contribution in [2.24, 2.45) is 0 Å². The average molecular weight is 364 g/mol. The summed E-state index contributed by atoms with van der Waals surface area (Å²) < 4.78 is 41.5. The molecule has 1 amide bonds. The van der Waals surface area contributed by atoms with Gasteiger partial charge in [-0.15, -0.1) is 0 Å². The van der Waals surface area contributed by atoms with E-state index in [2.05, 4.69) is 20.5 Å². The molecule has 3 aromatic heterocycles. The Morgan fingerprint density at radius 2 is 2.00 bits per heavy atom. The average Bonchev–Trinajstić information content (AvgIpc) is 3.23. The third-order valence-electron chi connectivity index (χ3n) is 3.60. The quantitative estimate of drug-likeness (QED) is 0.755. The van der Waals surface area contributed by atoms with Crippen LogP contribution in [0.4, 0.5) is 18.9 Å². The molecule has 7 nitrogen and oxygen atoms in total. The number of alkyl halides is 3. The van der Waals surface area contributed by atoms with Gasteiger partial charge in [-0.05, 0) is 30.7 Å². The van der Waals surface area contributed by atoms with E-state index in [0.717, 1.165) is 6.20 Å². The van der Waals surface area contributed by atoms with Gasteiger partial charge in [0.15, 0.2) is 5.69 Å². The Bertz CT molecular complexity index is 901. The Morgan fingerprint density at radius 1 is 1.23 bits per heavy atom. The van der Waals surface area contributed by atoms with Crippen LogP contribution in [0, 0.1) is 6.92 Å². The molecule has 0 atom stereocenters. The van der Waals surface area contributed by atoms with Crippen LogP contribution in [0.2, 0.25) is 0 Å². The van der Waals surface area contributed by atoms with E-state index in [4.69, 9.17) is 0 Å². The monoisotopic (exact) mass is 364 g/mol. The molecular formula is C16H15F3N6O. The molecule has 0 aromatic carbocycles. The highest BCUT2D eigenvalue weighted by Crippen LogP contribution is 2.30. The maximum atomic E-state index is 12.7. The maximum absolute atomic E-state index is 12.7. The van der Waals surface area contributed by atoms with Crippen molar-refractivity contribution < 1.29 is 18.0 Å². The minimum absolute atomic E-state index is 0.0694. The highest BCUT2D eigenvalue weighted by molar-refractivity contribution is 6.02. The third kappa shape index (κ3) is 4.08. The molecule has 0 saturated heterocycles. The minimum Gasteiger partial charge on any atom is -0.319 e. The second-order valence-electron chi connectivity index (χ2n) is 5.57. The lowest BCUT2D eigenvalue weighted by molar-refractivity contribution is -0.141. The fourth-order valence-electron chi connectivity index (χ4n) is 2.38. The first kappa shape index (κ1) is 17.6.